The molecule has 0 unspecified atom stereocenters. The minimum absolute atomic E-state index is 0.00769. The summed E-state index contributed by atoms with van der Waals surface area (Å²) in [5, 5.41) is 6.56. The van der Waals surface area contributed by atoms with E-state index in [1.54, 1.807) is 13.8 Å². The Morgan fingerprint density at radius 1 is 1.21 bits per heavy atom. The molecule has 0 bridgehead atoms. The smallest absolute Gasteiger partial charge is 0.294 e. The van der Waals surface area contributed by atoms with E-state index >= 15 is 0 Å². The Labute approximate surface area is 160 Å². The number of alkyl halides is 3. The molecule has 0 radical (unpaired) electrons. The summed E-state index contributed by atoms with van der Waals surface area (Å²) in [6.45, 7) is 3.47. The minimum atomic E-state index is -4.47. The average Bonchev–Trinajstić information content (AvgIpc) is 2.99. The molecular formula is C18H20F3N3O3S. The number of piperidine rings is 1. The lowest BCUT2D eigenvalue weighted by Gasteiger charge is -2.31. The zero-order valence-electron chi connectivity index (χ0n) is 15.4. The van der Waals surface area contributed by atoms with Gasteiger partial charge in [0.2, 0.25) is 10.0 Å². The van der Waals surface area contributed by atoms with Crippen molar-refractivity contribution in [3.8, 4) is 0 Å². The number of nitrogens with zero attached hydrogens (tertiary/aromatic N) is 2. The maximum atomic E-state index is 13.0. The van der Waals surface area contributed by atoms with Gasteiger partial charge in [0.15, 0.2) is 5.78 Å². The fourth-order valence-electron chi connectivity index (χ4n) is 3.48. The van der Waals surface area contributed by atoms with Crippen LogP contribution in [-0.4, -0.2) is 41.8 Å². The lowest BCUT2D eigenvalue weighted by Crippen LogP contribution is -2.42. The van der Waals surface area contributed by atoms with E-state index in [0.29, 0.717) is 24.2 Å². The minimum Gasteiger partial charge on any atom is -0.294 e. The van der Waals surface area contributed by atoms with Gasteiger partial charge < -0.3 is 0 Å². The van der Waals surface area contributed by atoms with E-state index in [1.165, 1.54) is 4.31 Å². The molecule has 10 heteroatoms. The Balaban J connectivity index is 1.80. The molecule has 1 aromatic carbocycles. The van der Waals surface area contributed by atoms with Crippen molar-refractivity contribution >= 4 is 15.8 Å². The van der Waals surface area contributed by atoms with Gasteiger partial charge in [0.25, 0.3) is 0 Å². The molecule has 2 heterocycles. The van der Waals surface area contributed by atoms with Crippen LogP contribution in [0.15, 0.2) is 29.2 Å². The van der Waals surface area contributed by atoms with Gasteiger partial charge >= 0.3 is 6.18 Å². The number of hydrogen-bond donors (Lipinski definition) is 1. The highest BCUT2D eigenvalue weighted by Crippen LogP contribution is 2.31. The summed E-state index contributed by atoms with van der Waals surface area (Å²) in [6.07, 6.45) is -3.50. The van der Waals surface area contributed by atoms with Gasteiger partial charge in [0.05, 0.1) is 17.0 Å². The first kappa shape index (κ1) is 20.5. The molecule has 0 amide bonds. The predicted octanol–water partition coefficient (Wildman–Crippen LogP) is 3.33. The largest absolute Gasteiger partial charge is 0.416 e. The molecule has 1 aliphatic heterocycles. The van der Waals surface area contributed by atoms with Crippen molar-refractivity contribution in [1.82, 2.24) is 14.5 Å². The molecule has 6 nitrogen and oxygen atoms in total. The quantitative estimate of drug-likeness (QED) is 0.777. The second-order valence-corrected chi connectivity index (χ2v) is 8.78. The van der Waals surface area contributed by atoms with Gasteiger partial charge in [-0.05, 0) is 38.8 Å². The van der Waals surface area contributed by atoms with Gasteiger partial charge in [-0.25, -0.2) is 8.42 Å². The second kappa shape index (κ2) is 7.32. The first-order chi connectivity index (χ1) is 13.0. The van der Waals surface area contributed by atoms with Crippen molar-refractivity contribution in [1.29, 1.82) is 0 Å². The van der Waals surface area contributed by atoms with Gasteiger partial charge in [-0.2, -0.15) is 22.6 Å². The molecule has 1 atom stereocenters. The number of ketones is 1. The number of aromatic amines is 1. The number of aromatic nitrogens is 2. The number of rotatable bonds is 4. The number of aryl methyl sites for hydroxylation is 2. The van der Waals surface area contributed by atoms with Crippen molar-refractivity contribution in [3.63, 3.8) is 0 Å². The van der Waals surface area contributed by atoms with Crippen molar-refractivity contribution in [2.45, 2.75) is 37.8 Å². The summed E-state index contributed by atoms with van der Waals surface area (Å²) in [6, 6.07) is 4.01. The summed E-state index contributed by atoms with van der Waals surface area (Å²) in [5.41, 5.74) is 0.0955. The molecular weight excluding hydrogens is 395 g/mol. The highest BCUT2D eigenvalue weighted by molar-refractivity contribution is 7.89. The lowest BCUT2D eigenvalue weighted by atomic mass is 9.90. The number of halogens is 3. The van der Waals surface area contributed by atoms with Crippen LogP contribution in [0.25, 0.3) is 0 Å². The first-order valence-corrected chi connectivity index (χ1v) is 10.2. The summed E-state index contributed by atoms with van der Waals surface area (Å²) >= 11 is 0. The maximum Gasteiger partial charge on any atom is 0.416 e. The number of benzene rings is 1. The zero-order valence-corrected chi connectivity index (χ0v) is 16.2. The number of carbonyl (C=O) groups excluding carboxylic acids is 1. The van der Waals surface area contributed by atoms with Crippen LogP contribution < -0.4 is 0 Å². The van der Waals surface area contributed by atoms with Gasteiger partial charge in [-0.3, -0.25) is 9.89 Å². The van der Waals surface area contributed by atoms with Crippen LogP contribution in [0.4, 0.5) is 13.2 Å². The molecule has 0 aliphatic carbocycles. The third-order valence-corrected chi connectivity index (χ3v) is 7.04. The van der Waals surface area contributed by atoms with E-state index in [9.17, 15) is 26.4 Å². The van der Waals surface area contributed by atoms with Crippen LogP contribution in [0.5, 0.6) is 0 Å². The number of hydrogen-bond acceptors (Lipinski definition) is 4. The molecule has 152 valence electrons. The SMILES string of the molecule is Cc1n[nH]c(C)c1S(=O)(=O)N1CCC[C@@H](C(=O)c2ccc(C(F)(F)F)cc2)C1. The number of H-pyrrole nitrogens is 1. The lowest BCUT2D eigenvalue weighted by molar-refractivity contribution is -0.137. The Hall–Kier alpha value is -2.20. The Bertz CT molecular complexity index is 962. The molecule has 1 fully saturated rings. The van der Waals surface area contributed by atoms with E-state index < -0.39 is 27.7 Å². The van der Waals surface area contributed by atoms with Gasteiger partial charge in [-0.1, -0.05) is 12.1 Å². The molecule has 1 N–H and O–H groups in total. The van der Waals surface area contributed by atoms with Crippen LogP contribution in [0.1, 0.15) is 40.2 Å². The topological polar surface area (TPSA) is 83.1 Å². The second-order valence-electron chi connectivity index (χ2n) is 6.90. The van der Waals surface area contributed by atoms with E-state index in [-0.39, 0.29) is 29.3 Å². The molecule has 1 aromatic heterocycles. The summed E-state index contributed by atoms with van der Waals surface area (Å²) < 4.78 is 65.3. The van der Waals surface area contributed by atoms with E-state index in [1.807, 2.05) is 0 Å². The first-order valence-electron chi connectivity index (χ1n) is 8.75. The maximum absolute atomic E-state index is 13.0. The molecule has 28 heavy (non-hydrogen) atoms. The van der Waals surface area contributed by atoms with Crippen molar-refractivity contribution < 1.29 is 26.4 Å². The third kappa shape index (κ3) is 3.83. The Morgan fingerprint density at radius 2 is 1.86 bits per heavy atom. The normalized spacial score (nSPS) is 19.0. The summed E-state index contributed by atoms with van der Waals surface area (Å²) in [5.74, 6) is -0.956. The van der Waals surface area contributed by atoms with Crippen LogP contribution in [0, 0.1) is 19.8 Å². The van der Waals surface area contributed by atoms with E-state index in [4.69, 9.17) is 0 Å². The van der Waals surface area contributed by atoms with E-state index in [0.717, 1.165) is 24.3 Å². The molecule has 2 aromatic rings. The summed E-state index contributed by atoms with van der Waals surface area (Å²) in [7, 11) is -3.82. The van der Waals surface area contributed by atoms with Crippen LogP contribution in [-0.2, 0) is 16.2 Å². The highest BCUT2D eigenvalue weighted by Gasteiger charge is 2.36. The standard InChI is InChI=1S/C18H20F3N3O3S/c1-11-17(12(2)23-22-11)28(26,27)24-9-3-4-14(10-24)16(25)13-5-7-15(8-6-13)18(19,20)21/h5-8,14H,3-4,9-10H2,1-2H3,(H,22,23)/t14-/m1/s1. The van der Waals surface area contributed by atoms with Gasteiger partial charge in [0.1, 0.15) is 4.90 Å². The molecule has 0 spiro atoms. The number of sulfonamides is 1. The number of carbonyl (C=O) groups is 1. The van der Waals surface area contributed by atoms with Crippen molar-refractivity contribution in [2.75, 3.05) is 13.1 Å². The fraction of sp³-hybridized carbons (Fsp3) is 0.444. The molecule has 3 rings (SSSR count). The van der Waals surface area contributed by atoms with E-state index in [2.05, 4.69) is 10.2 Å². The molecule has 1 saturated heterocycles. The zero-order chi connectivity index (χ0) is 20.7. The van der Waals surface area contributed by atoms with Gasteiger partial charge in [-0.15, -0.1) is 0 Å². The average molecular weight is 415 g/mol. The Morgan fingerprint density at radius 3 is 2.39 bits per heavy atom. The molecule has 1 aliphatic rings. The predicted molar refractivity (Wildman–Crippen MR) is 95.3 cm³/mol. The highest BCUT2D eigenvalue weighted by atomic mass is 32.2. The fourth-order valence-corrected chi connectivity index (χ4v) is 5.34. The van der Waals surface area contributed by atoms with Crippen LogP contribution >= 0.6 is 0 Å². The van der Waals surface area contributed by atoms with Crippen molar-refractivity contribution in [3.05, 3.63) is 46.8 Å². The third-order valence-electron chi connectivity index (χ3n) is 4.91. The van der Waals surface area contributed by atoms with Crippen LogP contribution in [0.2, 0.25) is 0 Å². The van der Waals surface area contributed by atoms with Gasteiger partial charge in [0, 0.05) is 24.6 Å². The monoisotopic (exact) mass is 415 g/mol. The Kier molecular flexibility index (Phi) is 5.37. The van der Waals surface area contributed by atoms with Crippen LogP contribution in [0.3, 0.4) is 0 Å². The number of Topliss-reactive ketones (excluding diaryl/α,β-unsaturated/α-hetero) is 1. The summed E-state index contributed by atoms with van der Waals surface area (Å²) in [4.78, 5) is 12.8. The number of nitrogens with one attached hydrogen (secondary N) is 1. The van der Waals surface area contributed by atoms with Crippen molar-refractivity contribution in [2.24, 2.45) is 5.92 Å². The molecule has 0 saturated carbocycles.